The first-order valence-electron chi connectivity index (χ1n) is 12.5. The summed E-state index contributed by atoms with van der Waals surface area (Å²) >= 11 is 0. The molecule has 0 saturated heterocycles. The molecule has 0 aliphatic carbocycles. The van der Waals surface area contributed by atoms with Crippen molar-refractivity contribution in [3.63, 3.8) is 0 Å². The smallest absolute Gasteiger partial charge is 0.330 e. The Bertz CT molecular complexity index is 1420. The summed E-state index contributed by atoms with van der Waals surface area (Å²) in [5.41, 5.74) is 8.90. The third kappa shape index (κ3) is 6.74. The van der Waals surface area contributed by atoms with Crippen LogP contribution >= 0.6 is 0 Å². The minimum Gasteiger partial charge on any atom is -0.463 e. The number of hydrogen-bond donors (Lipinski definition) is 0. The number of aryl methyl sites for hydroxylation is 1. The molecule has 0 atom stereocenters. The molecule has 0 radical (unpaired) electrons. The normalized spacial score (nSPS) is 10.4. The van der Waals surface area contributed by atoms with Gasteiger partial charge in [0.25, 0.3) is 0 Å². The minimum atomic E-state index is -0.432. The summed E-state index contributed by atoms with van der Waals surface area (Å²) in [6.45, 7) is 7.44. The van der Waals surface area contributed by atoms with Gasteiger partial charge in [-0.2, -0.15) is 0 Å². The predicted molar refractivity (Wildman–Crippen MR) is 152 cm³/mol. The molecule has 0 bridgehead atoms. The zero-order valence-electron chi connectivity index (χ0n) is 21.3. The maximum absolute atomic E-state index is 11.4. The van der Waals surface area contributed by atoms with Crippen LogP contribution in [-0.4, -0.2) is 18.5 Å². The van der Waals surface area contributed by atoms with Crippen molar-refractivity contribution in [1.29, 1.82) is 0 Å². The molecular weight excluding hydrogens is 472 g/mol. The van der Waals surface area contributed by atoms with Gasteiger partial charge in [-0.15, -0.1) is 0 Å². The third-order valence-electron chi connectivity index (χ3n) is 6.24. The van der Waals surface area contributed by atoms with Crippen molar-refractivity contribution in [3.05, 3.63) is 133 Å². The summed E-state index contributed by atoms with van der Waals surface area (Å²) in [5, 5.41) is 0. The van der Waals surface area contributed by atoms with Gasteiger partial charge in [0, 0.05) is 12.2 Å². The lowest BCUT2D eigenvalue weighted by Crippen LogP contribution is -2.02. The van der Waals surface area contributed by atoms with Crippen LogP contribution in [0, 0.1) is 0 Å². The molecule has 4 nitrogen and oxygen atoms in total. The molecule has 0 unspecified atom stereocenters. The van der Waals surface area contributed by atoms with Crippen molar-refractivity contribution < 1.29 is 19.1 Å². The van der Waals surface area contributed by atoms with Crippen molar-refractivity contribution in [2.75, 3.05) is 6.61 Å². The van der Waals surface area contributed by atoms with E-state index in [2.05, 4.69) is 92.0 Å². The van der Waals surface area contributed by atoms with Gasteiger partial charge in [0.05, 0.1) is 6.61 Å². The summed E-state index contributed by atoms with van der Waals surface area (Å²) in [7, 11) is 0. The zero-order chi connectivity index (χ0) is 26.7. The summed E-state index contributed by atoms with van der Waals surface area (Å²) in [4.78, 5) is 22.6. The van der Waals surface area contributed by atoms with Crippen molar-refractivity contribution in [2.45, 2.75) is 19.4 Å². The molecule has 0 N–H and O–H groups in total. The van der Waals surface area contributed by atoms with E-state index in [1.54, 1.807) is 0 Å². The van der Waals surface area contributed by atoms with Gasteiger partial charge < -0.3 is 9.47 Å². The van der Waals surface area contributed by atoms with E-state index in [9.17, 15) is 9.59 Å². The SMILES string of the molecule is C=CC(=O)OCCCc1ccc(-c2ccccc2-c2ccccc2-c2ccc(COC(=O)C=C)cc2)cc1. The van der Waals surface area contributed by atoms with Crippen LogP contribution in [-0.2, 0) is 32.1 Å². The number of esters is 2. The lowest BCUT2D eigenvalue weighted by Gasteiger charge is -2.15. The Morgan fingerprint density at radius 3 is 1.53 bits per heavy atom. The van der Waals surface area contributed by atoms with Gasteiger partial charge in [0.1, 0.15) is 6.61 Å². The first-order chi connectivity index (χ1) is 18.6. The molecule has 4 aromatic rings. The Kier molecular flexibility index (Phi) is 9.03. The standard InChI is InChI=1S/C34H30O4/c1-3-33(35)37-23-9-10-25-15-19-27(20-16-25)29-11-5-7-13-31(29)32-14-8-6-12-30(32)28-21-17-26(18-22-28)24-38-34(36)4-2/h3-8,11-22H,1-2,9-10,23-24H2. The number of benzene rings is 4. The molecule has 0 aliphatic rings. The van der Waals surface area contributed by atoms with Gasteiger partial charge in [-0.25, -0.2) is 9.59 Å². The topological polar surface area (TPSA) is 52.6 Å². The Morgan fingerprint density at radius 1 is 0.579 bits per heavy atom. The third-order valence-corrected chi connectivity index (χ3v) is 6.24. The van der Waals surface area contributed by atoms with Gasteiger partial charge in [0.2, 0.25) is 0 Å². The van der Waals surface area contributed by atoms with E-state index in [1.807, 2.05) is 18.2 Å². The Morgan fingerprint density at radius 2 is 1.03 bits per heavy atom. The molecule has 38 heavy (non-hydrogen) atoms. The molecule has 0 saturated carbocycles. The number of carbonyl (C=O) groups is 2. The lowest BCUT2D eigenvalue weighted by atomic mass is 9.89. The molecular formula is C34H30O4. The summed E-state index contributed by atoms with van der Waals surface area (Å²) in [5.74, 6) is -0.819. The molecule has 0 spiro atoms. The van der Waals surface area contributed by atoms with Crippen molar-refractivity contribution in [3.8, 4) is 33.4 Å². The van der Waals surface area contributed by atoms with Crippen molar-refractivity contribution >= 4 is 11.9 Å². The van der Waals surface area contributed by atoms with Crippen LogP contribution in [0.15, 0.2) is 122 Å². The first-order valence-corrected chi connectivity index (χ1v) is 12.5. The average Bonchev–Trinajstić information content (AvgIpc) is 2.98. The van der Waals surface area contributed by atoms with E-state index in [4.69, 9.17) is 9.47 Å². The highest BCUT2D eigenvalue weighted by molar-refractivity contribution is 5.91. The number of hydrogen-bond acceptors (Lipinski definition) is 4. The molecule has 0 heterocycles. The van der Waals surface area contributed by atoms with E-state index >= 15 is 0 Å². The molecule has 4 rings (SSSR count). The summed E-state index contributed by atoms with van der Waals surface area (Å²) in [6, 6.07) is 33.4. The highest BCUT2D eigenvalue weighted by Gasteiger charge is 2.12. The molecule has 190 valence electrons. The van der Waals surface area contributed by atoms with E-state index < -0.39 is 5.97 Å². The van der Waals surface area contributed by atoms with E-state index in [0.29, 0.717) is 6.61 Å². The Balaban J connectivity index is 1.55. The summed E-state index contributed by atoms with van der Waals surface area (Å²) in [6.07, 6.45) is 3.94. The van der Waals surface area contributed by atoms with Gasteiger partial charge in [-0.3, -0.25) is 0 Å². The van der Waals surface area contributed by atoms with Crippen LogP contribution in [0.1, 0.15) is 17.5 Å². The fourth-order valence-corrected chi connectivity index (χ4v) is 4.29. The Labute approximate surface area is 223 Å². The van der Waals surface area contributed by atoms with Crippen molar-refractivity contribution in [2.24, 2.45) is 0 Å². The van der Waals surface area contributed by atoms with Crippen molar-refractivity contribution in [1.82, 2.24) is 0 Å². The maximum atomic E-state index is 11.4. The summed E-state index contributed by atoms with van der Waals surface area (Å²) < 4.78 is 10.2. The van der Waals surface area contributed by atoms with Gasteiger partial charge >= 0.3 is 11.9 Å². The second-order valence-electron chi connectivity index (χ2n) is 8.77. The molecule has 0 aliphatic heterocycles. The largest absolute Gasteiger partial charge is 0.463 e. The van der Waals surface area contributed by atoms with Gasteiger partial charge in [0.15, 0.2) is 0 Å². The molecule has 0 amide bonds. The van der Waals surface area contributed by atoms with E-state index in [1.165, 1.54) is 17.7 Å². The van der Waals surface area contributed by atoms with Crippen LogP contribution in [0.3, 0.4) is 0 Å². The molecule has 0 fully saturated rings. The Hall–Kier alpha value is -4.70. The second kappa shape index (κ2) is 13.0. The molecule has 4 heteroatoms. The van der Waals surface area contributed by atoms with Crippen LogP contribution in [0.4, 0.5) is 0 Å². The average molecular weight is 503 g/mol. The van der Waals surface area contributed by atoms with E-state index in [-0.39, 0.29) is 12.6 Å². The fourth-order valence-electron chi connectivity index (χ4n) is 4.29. The number of rotatable bonds is 11. The van der Waals surface area contributed by atoms with Crippen LogP contribution in [0.5, 0.6) is 0 Å². The number of ether oxygens (including phenoxy) is 2. The predicted octanol–water partition coefficient (Wildman–Crippen LogP) is 7.58. The maximum Gasteiger partial charge on any atom is 0.330 e. The molecule has 0 aromatic heterocycles. The highest BCUT2D eigenvalue weighted by Crippen LogP contribution is 2.38. The van der Waals surface area contributed by atoms with Crippen LogP contribution in [0.2, 0.25) is 0 Å². The van der Waals surface area contributed by atoms with E-state index in [0.717, 1.165) is 51.8 Å². The van der Waals surface area contributed by atoms with Crippen LogP contribution < -0.4 is 0 Å². The minimum absolute atomic E-state index is 0.214. The lowest BCUT2D eigenvalue weighted by molar-refractivity contribution is -0.139. The van der Waals surface area contributed by atoms with Crippen LogP contribution in [0.25, 0.3) is 33.4 Å². The van der Waals surface area contributed by atoms with Gasteiger partial charge in [-0.05, 0) is 57.3 Å². The highest BCUT2D eigenvalue weighted by atomic mass is 16.5. The second-order valence-corrected chi connectivity index (χ2v) is 8.77. The number of carbonyl (C=O) groups excluding carboxylic acids is 2. The quantitative estimate of drug-likeness (QED) is 0.121. The van der Waals surface area contributed by atoms with Gasteiger partial charge in [-0.1, -0.05) is 110 Å². The zero-order valence-corrected chi connectivity index (χ0v) is 21.3. The molecule has 4 aromatic carbocycles. The monoisotopic (exact) mass is 502 g/mol. The fraction of sp³-hybridized carbons (Fsp3) is 0.118. The first kappa shape index (κ1) is 26.4.